The van der Waals surface area contributed by atoms with Crippen molar-refractivity contribution in [3.63, 3.8) is 0 Å². The molecule has 0 heterocycles. The molecule has 0 aromatic carbocycles. The minimum absolute atomic E-state index is 0.196. The van der Waals surface area contributed by atoms with E-state index in [1.54, 1.807) is 0 Å². The summed E-state index contributed by atoms with van der Waals surface area (Å²) >= 11 is 9.16. The van der Waals surface area contributed by atoms with Crippen molar-refractivity contribution in [3.8, 4) is 0 Å². The molecule has 0 aliphatic heterocycles. The number of hydrogen-bond donors (Lipinski definition) is 2. The van der Waals surface area contributed by atoms with E-state index in [9.17, 15) is 4.79 Å². The van der Waals surface area contributed by atoms with Gasteiger partial charge in [-0.1, -0.05) is 0 Å². The van der Waals surface area contributed by atoms with Gasteiger partial charge in [-0.2, -0.15) is 0 Å². The van der Waals surface area contributed by atoms with Gasteiger partial charge in [0.05, 0.1) is 0 Å². The van der Waals surface area contributed by atoms with Gasteiger partial charge in [0, 0.05) is 13.1 Å². The fourth-order valence-electron chi connectivity index (χ4n) is 0.286. The lowest BCUT2D eigenvalue weighted by Gasteiger charge is -2.10. The van der Waals surface area contributed by atoms with Gasteiger partial charge < -0.3 is 11.1 Å². The number of nitrogens with one attached hydrogen (secondary N) is 1. The third kappa shape index (κ3) is 4.65. The highest BCUT2D eigenvalue weighted by Crippen LogP contribution is 2.33. The molecular weight excluding hydrogens is 332 g/mol. The molecule has 0 saturated carbocycles. The lowest BCUT2D eigenvalue weighted by atomic mass is 10.6. The van der Waals surface area contributed by atoms with Crippen molar-refractivity contribution >= 4 is 53.7 Å². The first-order valence-corrected chi connectivity index (χ1v) is 4.91. The number of rotatable bonds is 2. The lowest BCUT2D eigenvalue weighted by molar-refractivity contribution is -0.119. The molecule has 0 unspecified atom stereocenters. The van der Waals surface area contributed by atoms with Crippen LogP contribution in [0, 0.1) is 0 Å². The summed E-state index contributed by atoms with van der Waals surface area (Å²) in [5.41, 5.74) is 5.16. The number of carbonyl (C=O) groups excluding carboxylic acids is 1. The monoisotopic (exact) mass is 336 g/mol. The van der Waals surface area contributed by atoms with Gasteiger partial charge in [-0.3, -0.25) is 4.79 Å². The maximum absolute atomic E-state index is 10.9. The van der Waals surface area contributed by atoms with Crippen molar-refractivity contribution in [3.05, 3.63) is 0 Å². The SMILES string of the molecule is NCCNC(=O)C(Br)(Br)Br. The Bertz CT molecular complexity index is 122. The molecule has 0 atom stereocenters. The molecular formula is C4H7Br3N2O. The summed E-state index contributed by atoms with van der Waals surface area (Å²) in [6, 6.07) is 0. The van der Waals surface area contributed by atoms with Crippen LogP contribution >= 0.6 is 47.8 Å². The zero-order valence-corrected chi connectivity index (χ0v) is 9.79. The third-order valence-corrected chi connectivity index (χ3v) is 1.77. The fraction of sp³-hybridized carbons (Fsp3) is 0.750. The van der Waals surface area contributed by atoms with Crippen LogP contribution in [0.4, 0.5) is 0 Å². The highest BCUT2D eigenvalue weighted by Gasteiger charge is 2.27. The van der Waals surface area contributed by atoms with E-state index in [0.29, 0.717) is 13.1 Å². The second-order valence-corrected chi connectivity index (χ2v) is 8.30. The van der Waals surface area contributed by atoms with E-state index in [1.165, 1.54) is 0 Å². The number of alkyl halides is 3. The van der Waals surface area contributed by atoms with Gasteiger partial charge in [-0.05, 0) is 47.8 Å². The zero-order valence-electron chi connectivity index (χ0n) is 5.03. The van der Waals surface area contributed by atoms with Crippen molar-refractivity contribution in [1.82, 2.24) is 5.32 Å². The van der Waals surface area contributed by atoms with Crippen LogP contribution in [0.25, 0.3) is 0 Å². The second-order valence-electron chi connectivity index (χ2n) is 1.54. The van der Waals surface area contributed by atoms with E-state index in [2.05, 4.69) is 53.1 Å². The van der Waals surface area contributed by atoms with Gasteiger partial charge in [0.25, 0.3) is 5.91 Å². The minimum atomic E-state index is -0.859. The van der Waals surface area contributed by atoms with Crippen molar-refractivity contribution in [2.45, 2.75) is 2.14 Å². The molecule has 0 aromatic heterocycles. The number of halogens is 3. The number of carbonyl (C=O) groups is 1. The Hall–Kier alpha value is 0.870. The highest BCUT2D eigenvalue weighted by molar-refractivity contribution is 9.40. The molecule has 0 radical (unpaired) electrons. The van der Waals surface area contributed by atoms with E-state index in [4.69, 9.17) is 5.73 Å². The molecule has 0 aliphatic carbocycles. The molecule has 0 rings (SSSR count). The Labute approximate surface area is 84.5 Å². The number of hydrogen-bond acceptors (Lipinski definition) is 2. The second kappa shape index (κ2) is 4.69. The molecule has 0 spiro atoms. The van der Waals surface area contributed by atoms with Gasteiger partial charge in [0.1, 0.15) is 0 Å². The van der Waals surface area contributed by atoms with Crippen LogP contribution in [0.1, 0.15) is 0 Å². The van der Waals surface area contributed by atoms with Gasteiger partial charge in [-0.25, -0.2) is 0 Å². The average Bonchev–Trinajstić information content (AvgIpc) is 1.80. The molecule has 60 valence electrons. The average molecular weight is 339 g/mol. The Balaban J connectivity index is 3.64. The Morgan fingerprint density at radius 1 is 1.50 bits per heavy atom. The normalized spacial score (nSPS) is 11.2. The van der Waals surface area contributed by atoms with Crippen molar-refractivity contribution in [2.75, 3.05) is 13.1 Å². The van der Waals surface area contributed by atoms with Crippen LogP contribution in [0.5, 0.6) is 0 Å². The van der Waals surface area contributed by atoms with Crippen molar-refractivity contribution < 1.29 is 4.79 Å². The van der Waals surface area contributed by atoms with Gasteiger partial charge in [-0.15, -0.1) is 0 Å². The summed E-state index contributed by atoms with van der Waals surface area (Å²) in [4.78, 5) is 10.9. The molecule has 10 heavy (non-hydrogen) atoms. The van der Waals surface area contributed by atoms with Crippen LogP contribution in [0.3, 0.4) is 0 Å². The maximum Gasteiger partial charge on any atom is 0.258 e. The fourth-order valence-corrected chi connectivity index (χ4v) is 0.706. The Morgan fingerprint density at radius 3 is 2.30 bits per heavy atom. The number of nitrogens with two attached hydrogens (primary N) is 1. The summed E-state index contributed by atoms with van der Waals surface area (Å²) in [6.45, 7) is 0.915. The van der Waals surface area contributed by atoms with Crippen LogP contribution in [0.2, 0.25) is 0 Å². The number of amides is 1. The van der Waals surface area contributed by atoms with Crippen LogP contribution in [-0.2, 0) is 4.79 Å². The standard InChI is InChI=1S/C4H7Br3N2O/c5-4(6,7)3(10)9-2-1-8/h1-2,8H2,(H,9,10). The molecule has 6 heteroatoms. The Morgan fingerprint density at radius 2 is 2.00 bits per heavy atom. The van der Waals surface area contributed by atoms with Crippen molar-refractivity contribution in [1.29, 1.82) is 0 Å². The molecule has 3 N–H and O–H groups in total. The van der Waals surface area contributed by atoms with Gasteiger partial charge in [0.15, 0.2) is 0 Å². The van der Waals surface area contributed by atoms with E-state index in [1.807, 2.05) is 0 Å². The van der Waals surface area contributed by atoms with Crippen LogP contribution in [-0.4, -0.2) is 21.1 Å². The van der Waals surface area contributed by atoms with E-state index in [0.717, 1.165) is 0 Å². The smallest absolute Gasteiger partial charge is 0.258 e. The third-order valence-electron chi connectivity index (χ3n) is 0.687. The molecule has 3 nitrogen and oxygen atoms in total. The molecule has 0 fully saturated rings. The van der Waals surface area contributed by atoms with Gasteiger partial charge >= 0.3 is 0 Å². The van der Waals surface area contributed by atoms with E-state index in [-0.39, 0.29) is 5.91 Å². The lowest BCUT2D eigenvalue weighted by Crippen LogP contribution is -2.36. The summed E-state index contributed by atoms with van der Waals surface area (Å²) in [5.74, 6) is -0.196. The maximum atomic E-state index is 10.9. The summed E-state index contributed by atoms with van der Waals surface area (Å²) in [7, 11) is 0. The van der Waals surface area contributed by atoms with E-state index < -0.39 is 2.14 Å². The highest BCUT2D eigenvalue weighted by atomic mass is 80.0. The zero-order chi connectivity index (χ0) is 8.20. The molecule has 0 bridgehead atoms. The summed E-state index contributed by atoms with van der Waals surface area (Å²) in [6.07, 6.45) is 0. The van der Waals surface area contributed by atoms with Crippen molar-refractivity contribution in [2.24, 2.45) is 5.73 Å². The molecule has 0 aliphatic rings. The predicted molar refractivity (Wildman–Crippen MR) is 51.6 cm³/mol. The Kier molecular flexibility index (Phi) is 5.10. The first kappa shape index (κ1) is 10.9. The van der Waals surface area contributed by atoms with Gasteiger partial charge in [0.2, 0.25) is 2.14 Å². The molecule has 0 aromatic rings. The largest absolute Gasteiger partial charge is 0.352 e. The van der Waals surface area contributed by atoms with Crippen LogP contribution < -0.4 is 11.1 Å². The topological polar surface area (TPSA) is 55.1 Å². The molecule has 0 saturated heterocycles. The minimum Gasteiger partial charge on any atom is -0.352 e. The molecule has 1 amide bonds. The van der Waals surface area contributed by atoms with Crippen LogP contribution in [0.15, 0.2) is 0 Å². The summed E-state index contributed by atoms with van der Waals surface area (Å²) < 4.78 is -0.859. The quantitative estimate of drug-likeness (QED) is 0.735. The first-order chi connectivity index (χ1) is 4.48. The first-order valence-electron chi connectivity index (χ1n) is 2.53. The summed E-state index contributed by atoms with van der Waals surface area (Å²) in [5, 5.41) is 2.57. The van der Waals surface area contributed by atoms with E-state index >= 15 is 0 Å². The predicted octanol–water partition coefficient (Wildman–Crippen LogP) is 0.900.